The quantitative estimate of drug-likeness (QED) is 0.657. The second-order valence-corrected chi connectivity index (χ2v) is 9.04. The Labute approximate surface area is 176 Å². The van der Waals surface area contributed by atoms with Crippen molar-refractivity contribution >= 4 is 21.6 Å². The number of anilines is 1. The van der Waals surface area contributed by atoms with Gasteiger partial charge >= 0.3 is 0 Å². The van der Waals surface area contributed by atoms with Gasteiger partial charge in [-0.05, 0) is 48.4 Å². The minimum atomic E-state index is -3.31. The number of hydrogen-bond donors (Lipinski definition) is 1. The predicted octanol–water partition coefficient (Wildman–Crippen LogP) is 3.73. The highest BCUT2D eigenvalue weighted by Gasteiger charge is 2.26. The molecular weight excluding hydrogens is 400 g/mol. The molecule has 0 saturated carbocycles. The first-order valence-corrected chi connectivity index (χ1v) is 11.5. The van der Waals surface area contributed by atoms with Crippen molar-refractivity contribution < 1.29 is 17.9 Å². The maximum Gasteiger partial charge on any atom is 0.251 e. The van der Waals surface area contributed by atoms with Gasteiger partial charge in [-0.2, -0.15) is 0 Å². The third-order valence-electron chi connectivity index (χ3n) is 4.98. The standard InChI is InChI=1S/C23H22N2O4S/c1-30(27,28)25-14-13-17-15-18(11-12-21(17)25)23(26)24-16-19-7-5-6-10-22(19)29-20-8-3-2-4-9-20/h2-12,15H,13-14,16H2,1H3,(H,24,26). The molecule has 6 nitrogen and oxygen atoms in total. The van der Waals surface area contributed by atoms with Crippen LogP contribution in [0.2, 0.25) is 0 Å². The summed E-state index contributed by atoms with van der Waals surface area (Å²) in [7, 11) is -3.31. The van der Waals surface area contributed by atoms with Gasteiger partial charge in [0.2, 0.25) is 10.0 Å². The van der Waals surface area contributed by atoms with Crippen LogP contribution in [0.25, 0.3) is 0 Å². The number of carbonyl (C=O) groups excluding carboxylic acids is 1. The summed E-state index contributed by atoms with van der Waals surface area (Å²) in [5, 5.41) is 2.92. The van der Waals surface area contributed by atoms with Crippen LogP contribution in [-0.4, -0.2) is 27.1 Å². The SMILES string of the molecule is CS(=O)(=O)N1CCc2cc(C(=O)NCc3ccccc3Oc3ccccc3)ccc21. The Hall–Kier alpha value is -3.32. The Kier molecular flexibility index (Phi) is 5.46. The summed E-state index contributed by atoms with van der Waals surface area (Å²) in [6.07, 6.45) is 1.79. The zero-order chi connectivity index (χ0) is 21.1. The number of carbonyl (C=O) groups is 1. The monoisotopic (exact) mass is 422 g/mol. The van der Waals surface area contributed by atoms with Crippen LogP contribution in [0.5, 0.6) is 11.5 Å². The fraction of sp³-hybridized carbons (Fsp3) is 0.174. The van der Waals surface area contributed by atoms with Gasteiger partial charge in [-0.1, -0.05) is 36.4 Å². The fourth-order valence-corrected chi connectivity index (χ4v) is 4.46. The Morgan fingerprint density at radius 3 is 2.53 bits per heavy atom. The molecule has 0 atom stereocenters. The Morgan fingerprint density at radius 1 is 1.03 bits per heavy atom. The molecule has 7 heteroatoms. The average Bonchev–Trinajstić information content (AvgIpc) is 3.17. The molecule has 1 amide bonds. The zero-order valence-corrected chi connectivity index (χ0v) is 17.4. The molecule has 30 heavy (non-hydrogen) atoms. The van der Waals surface area contributed by atoms with Gasteiger partial charge in [0.05, 0.1) is 11.9 Å². The lowest BCUT2D eigenvalue weighted by molar-refractivity contribution is 0.0950. The van der Waals surface area contributed by atoms with Crippen molar-refractivity contribution in [1.29, 1.82) is 0 Å². The summed E-state index contributed by atoms with van der Waals surface area (Å²) in [5.41, 5.74) is 2.88. The molecular formula is C23H22N2O4S. The third kappa shape index (κ3) is 4.31. The first kappa shape index (κ1) is 20.0. The summed E-state index contributed by atoms with van der Waals surface area (Å²) < 4.78 is 31.1. The van der Waals surface area contributed by atoms with Crippen molar-refractivity contribution in [3.05, 3.63) is 89.5 Å². The van der Waals surface area contributed by atoms with Crippen molar-refractivity contribution in [3.63, 3.8) is 0 Å². The zero-order valence-electron chi connectivity index (χ0n) is 16.5. The second-order valence-electron chi connectivity index (χ2n) is 7.13. The Bertz CT molecular complexity index is 1180. The van der Waals surface area contributed by atoms with E-state index in [1.54, 1.807) is 18.2 Å². The number of benzene rings is 3. The maximum absolute atomic E-state index is 12.7. The first-order valence-electron chi connectivity index (χ1n) is 9.61. The van der Waals surface area contributed by atoms with Crippen LogP contribution in [-0.2, 0) is 23.0 Å². The van der Waals surface area contributed by atoms with E-state index in [1.165, 1.54) is 10.6 Å². The Morgan fingerprint density at radius 2 is 1.77 bits per heavy atom. The number of rotatable bonds is 6. The summed E-state index contributed by atoms with van der Waals surface area (Å²) in [5.74, 6) is 1.19. The lowest BCUT2D eigenvalue weighted by atomic mass is 10.1. The molecule has 0 saturated heterocycles. The molecule has 4 rings (SSSR count). The van der Waals surface area contributed by atoms with E-state index in [0.717, 1.165) is 16.9 Å². The Balaban J connectivity index is 1.46. The van der Waals surface area contributed by atoms with E-state index in [1.807, 2.05) is 54.6 Å². The number of sulfonamides is 1. The van der Waals surface area contributed by atoms with Gasteiger partial charge in [0, 0.05) is 24.2 Å². The number of hydrogen-bond acceptors (Lipinski definition) is 4. The van der Waals surface area contributed by atoms with E-state index in [4.69, 9.17) is 4.74 Å². The van der Waals surface area contributed by atoms with Crippen LogP contribution in [0.3, 0.4) is 0 Å². The molecule has 0 radical (unpaired) electrons. The van der Waals surface area contributed by atoms with Crippen molar-refractivity contribution in [1.82, 2.24) is 5.32 Å². The molecule has 1 heterocycles. The van der Waals surface area contributed by atoms with Crippen LogP contribution in [0.1, 0.15) is 21.5 Å². The van der Waals surface area contributed by atoms with E-state index in [2.05, 4.69) is 5.32 Å². The fourth-order valence-electron chi connectivity index (χ4n) is 3.50. The third-order valence-corrected chi connectivity index (χ3v) is 6.16. The normalized spacial score (nSPS) is 13.0. The summed E-state index contributed by atoms with van der Waals surface area (Å²) in [4.78, 5) is 12.7. The highest BCUT2D eigenvalue weighted by atomic mass is 32.2. The molecule has 0 unspecified atom stereocenters. The summed E-state index contributed by atoms with van der Waals surface area (Å²) >= 11 is 0. The van der Waals surface area contributed by atoms with Gasteiger partial charge in [0.25, 0.3) is 5.91 Å². The largest absolute Gasteiger partial charge is 0.457 e. The van der Waals surface area contributed by atoms with Crippen molar-refractivity contribution in [2.75, 3.05) is 17.1 Å². The minimum Gasteiger partial charge on any atom is -0.457 e. The average molecular weight is 423 g/mol. The maximum atomic E-state index is 12.7. The highest BCUT2D eigenvalue weighted by Crippen LogP contribution is 2.31. The molecule has 1 N–H and O–H groups in total. The summed E-state index contributed by atoms with van der Waals surface area (Å²) in [6.45, 7) is 0.720. The molecule has 0 aliphatic carbocycles. The lowest BCUT2D eigenvalue weighted by Crippen LogP contribution is -2.27. The van der Waals surface area contributed by atoms with Gasteiger partial charge in [-0.3, -0.25) is 9.10 Å². The van der Waals surface area contributed by atoms with Crippen LogP contribution in [0, 0.1) is 0 Å². The molecule has 0 aromatic heterocycles. The number of nitrogens with zero attached hydrogens (tertiary/aromatic N) is 1. The van der Waals surface area contributed by atoms with E-state index >= 15 is 0 Å². The van der Waals surface area contributed by atoms with Crippen LogP contribution < -0.4 is 14.4 Å². The van der Waals surface area contributed by atoms with Gasteiger partial charge in [0.1, 0.15) is 11.5 Å². The number of nitrogens with one attached hydrogen (secondary N) is 1. The number of amides is 1. The van der Waals surface area contributed by atoms with E-state index < -0.39 is 10.0 Å². The van der Waals surface area contributed by atoms with Crippen LogP contribution in [0.4, 0.5) is 5.69 Å². The predicted molar refractivity (Wildman–Crippen MR) is 116 cm³/mol. The number of para-hydroxylation sites is 2. The molecule has 154 valence electrons. The van der Waals surface area contributed by atoms with Gasteiger partial charge in [-0.15, -0.1) is 0 Å². The molecule has 0 spiro atoms. The molecule has 1 aliphatic heterocycles. The van der Waals surface area contributed by atoms with Crippen LogP contribution in [0.15, 0.2) is 72.8 Å². The second kappa shape index (κ2) is 8.20. The van der Waals surface area contributed by atoms with Gasteiger partial charge < -0.3 is 10.1 Å². The minimum absolute atomic E-state index is 0.217. The van der Waals surface area contributed by atoms with E-state index in [9.17, 15) is 13.2 Å². The van der Waals surface area contributed by atoms with Crippen molar-refractivity contribution in [2.24, 2.45) is 0 Å². The lowest BCUT2D eigenvalue weighted by Gasteiger charge is -2.16. The molecule has 3 aromatic rings. The van der Waals surface area contributed by atoms with E-state index in [-0.39, 0.29) is 5.91 Å². The molecule has 3 aromatic carbocycles. The number of ether oxygens (including phenoxy) is 1. The highest BCUT2D eigenvalue weighted by molar-refractivity contribution is 7.92. The first-order chi connectivity index (χ1) is 14.4. The summed E-state index contributed by atoms with van der Waals surface area (Å²) in [6, 6.07) is 22.2. The molecule has 1 aliphatic rings. The van der Waals surface area contributed by atoms with Crippen LogP contribution >= 0.6 is 0 Å². The van der Waals surface area contributed by atoms with Crippen molar-refractivity contribution in [2.45, 2.75) is 13.0 Å². The van der Waals surface area contributed by atoms with Gasteiger partial charge in [-0.25, -0.2) is 8.42 Å². The smallest absolute Gasteiger partial charge is 0.251 e. The number of fused-ring (bicyclic) bond motifs is 1. The van der Waals surface area contributed by atoms with Gasteiger partial charge in [0.15, 0.2) is 0 Å². The molecule has 0 bridgehead atoms. The topological polar surface area (TPSA) is 75.7 Å². The van der Waals surface area contributed by atoms with Crippen molar-refractivity contribution in [3.8, 4) is 11.5 Å². The molecule has 0 fully saturated rings. The van der Waals surface area contributed by atoms with E-state index in [0.29, 0.717) is 36.5 Å².